The summed E-state index contributed by atoms with van der Waals surface area (Å²) in [6, 6.07) is 17.0. The lowest BCUT2D eigenvalue weighted by Crippen LogP contribution is -2.25. The average Bonchev–Trinajstić information content (AvgIpc) is 2.66. The molecule has 2 rings (SSSR count). The fourth-order valence-corrected chi connectivity index (χ4v) is 3.09. The summed E-state index contributed by atoms with van der Waals surface area (Å²) < 4.78 is 5.55. The number of amides is 1. The third-order valence-corrected chi connectivity index (χ3v) is 4.50. The van der Waals surface area contributed by atoms with E-state index in [1.54, 1.807) is 23.9 Å². The predicted octanol–water partition coefficient (Wildman–Crippen LogP) is 4.01. The molecule has 0 bridgehead atoms. The number of carbonyl (C=O) groups excluding carboxylic acids is 1. The zero-order valence-electron chi connectivity index (χ0n) is 14.3. The molecule has 130 valence electrons. The second-order valence-corrected chi connectivity index (χ2v) is 6.56. The van der Waals surface area contributed by atoms with E-state index in [1.165, 1.54) is 0 Å². The Labute approximate surface area is 153 Å². The first-order valence-electron chi connectivity index (χ1n) is 8.31. The minimum atomic E-state index is -0.0972. The summed E-state index contributed by atoms with van der Waals surface area (Å²) in [5.74, 6) is 2.18. The Hall–Kier alpha value is -2.45. The van der Waals surface area contributed by atoms with Crippen molar-refractivity contribution in [3.63, 3.8) is 0 Å². The molecule has 1 amide bonds. The molecule has 0 unspecified atom stereocenters. The molecule has 0 aromatic heterocycles. The molecule has 0 aliphatic carbocycles. The smallest absolute Gasteiger partial charge is 0.251 e. The lowest BCUT2D eigenvalue weighted by atomic mass is 10.1. The first-order valence-corrected chi connectivity index (χ1v) is 9.47. The first-order chi connectivity index (χ1) is 12.2. The van der Waals surface area contributed by atoms with E-state index in [-0.39, 0.29) is 5.91 Å². The molecule has 0 atom stereocenters. The Morgan fingerprint density at radius 3 is 2.88 bits per heavy atom. The van der Waals surface area contributed by atoms with Gasteiger partial charge in [0.2, 0.25) is 0 Å². The van der Waals surface area contributed by atoms with Gasteiger partial charge in [0, 0.05) is 23.6 Å². The molecule has 4 nitrogen and oxygen atoms in total. The molecule has 0 fully saturated rings. The average molecular weight is 354 g/mol. The summed E-state index contributed by atoms with van der Waals surface area (Å²) >= 11 is 1.70. The van der Waals surface area contributed by atoms with Gasteiger partial charge in [-0.25, -0.2) is 0 Å². The van der Waals surface area contributed by atoms with Gasteiger partial charge in [-0.2, -0.15) is 17.0 Å². The lowest BCUT2D eigenvalue weighted by Gasteiger charge is -2.08. The third-order valence-electron chi connectivity index (χ3n) is 3.50. The van der Waals surface area contributed by atoms with E-state index >= 15 is 0 Å². The molecule has 0 radical (unpaired) electrons. The van der Waals surface area contributed by atoms with Crippen molar-refractivity contribution >= 4 is 17.7 Å². The topological polar surface area (TPSA) is 62.1 Å². The predicted molar refractivity (Wildman–Crippen MR) is 102 cm³/mol. The minimum absolute atomic E-state index is 0.0972. The SMILES string of the molecule is CCCOc1cccc(C(=O)NCCSCc2ccccc2C#N)c1. The van der Waals surface area contributed by atoms with Gasteiger partial charge in [0.05, 0.1) is 18.2 Å². The summed E-state index contributed by atoms with van der Waals surface area (Å²) in [6.07, 6.45) is 0.933. The highest BCUT2D eigenvalue weighted by molar-refractivity contribution is 7.98. The number of nitriles is 1. The largest absolute Gasteiger partial charge is 0.494 e. The zero-order valence-corrected chi connectivity index (χ0v) is 15.1. The standard InChI is InChI=1S/C20H22N2O2S/c1-2-11-24-19-9-5-8-16(13-19)20(23)22-10-12-25-15-18-7-4-3-6-17(18)14-21/h3-9,13H,2,10-12,15H2,1H3,(H,22,23). The van der Waals surface area contributed by atoms with Crippen LogP contribution < -0.4 is 10.1 Å². The van der Waals surface area contributed by atoms with Crippen LogP contribution in [0.4, 0.5) is 0 Å². The number of hydrogen-bond donors (Lipinski definition) is 1. The van der Waals surface area contributed by atoms with Crippen LogP contribution in [0.15, 0.2) is 48.5 Å². The van der Waals surface area contributed by atoms with E-state index in [0.29, 0.717) is 24.3 Å². The number of nitrogens with zero attached hydrogens (tertiary/aromatic N) is 1. The minimum Gasteiger partial charge on any atom is -0.494 e. The molecule has 2 aromatic carbocycles. The molecule has 2 aromatic rings. The quantitative estimate of drug-likeness (QED) is 0.691. The van der Waals surface area contributed by atoms with Crippen molar-refractivity contribution in [3.05, 3.63) is 65.2 Å². The number of thioether (sulfide) groups is 1. The van der Waals surface area contributed by atoms with E-state index in [0.717, 1.165) is 29.2 Å². The third kappa shape index (κ3) is 6.17. The van der Waals surface area contributed by atoms with Crippen LogP contribution in [0.1, 0.15) is 34.8 Å². The zero-order chi connectivity index (χ0) is 17.9. The van der Waals surface area contributed by atoms with Crippen LogP contribution in [0.2, 0.25) is 0 Å². The van der Waals surface area contributed by atoms with Crippen LogP contribution in [0.5, 0.6) is 5.75 Å². The number of hydrogen-bond acceptors (Lipinski definition) is 4. The van der Waals surface area contributed by atoms with Crippen LogP contribution in [0.25, 0.3) is 0 Å². The summed E-state index contributed by atoms with van der Waals surface area (Å²) in [6.45, 7) is 3.27. The monoisotopic (exact) mass is 354 g/mol. The van der Waals surface area contributed by atoms with Crippen LogP contribution in [0.3, 0.4) is 0 Å². The van der Waals surface area contributed by atoms with Gasteiger partial charge >= 0.3 is 0 Å². The van der Waals surface area contributed by atoms with E-state index in [9.17, 15) is 4.79 Å². The van der Waals surface area contributed by atoms with Crippen molar-refractivity contribution in [2.75, 3.05) is 18.9 Å². The second kappa shape index (κ2) is 10.4. The van der Waals surface area contributed by atoms with Gasteiger partial charge in [-0.05, 0) is 36.2 Å². The normalized spacial score (nSPS) is 10.1. The van der Waals surface area contributed by atoms with Crippen LogP contribution in [0, 0.1) is 11.3 Å². The molecule has 0 aliphatic rings. The van der Waals surface area contributed by atoms with Crippen molar-refractivity contribution in [2.24, 2.45) is 0 Å². The fraction of sp³-hybridized carbons (Fsp3) is 0.300. The fourth-order valence-electron chi connectivity index (χ4n) is 2.22. The molecular formula is C20H22N2O2S. The van der Waals surface area contributed by atoms with Gasteiger partial charge in [-0.15, -0.1) is 0 Å². The number of carbonyl (C=O) groups is 1. The van der Waals surface area contributed by atoms with Crippen molar-refractivity contribution in [1.82, 2.24) is 5.32 Å². The highest BCUT2D eigenvalue weighted by Crippen LogP contribution is 2.16. The molecule has 0 aliphatic heterocycles. The number of rotatable bonds is 9. The van der Waals surface area contributed by atoms with Gasteiger partial charge in [-0.1, -0.05) is 31.2 Å². The lowest BCUT2D eigenvalue weighted by molar-refractivity contribution is 0.0955. The maximum absolute atomic E-state index is 12.2. The number of benzene rings is 2. The molecule has 0 saturated heterocycles. The first kappa shape index (κ1) is 18.9. The van der Waals surface area contributed by atoms with Crippen molar-refractivity contribution in [1.29, 1.82) is 5.26 Å². The molecule has 0 saturated carbocycles. The maximum Gasteiger partial charge on any atom is 0.251 e. The summed E-state index contributed by atoms with van der Waals surface area (Å²) in [4.78, 5) is 12.2. The Balaban J connectivity index is 1.74. The van der Waals surface area contributed by atoms with E-state index < -0.39 is 0 Å². The van der Waals surface area contributed by atoms with Gasteiger partial charge in [-0.3, -0.25) is 4.79 Å². The van der Waals surface area contributed by atoms with Crippen molar-refractivity contribution in [3.8, 4) is 11.8 Å². The van der Waals surface area contributed by atoms with Crippen LogP contribution in [-0.2, 0) is 5.75 Å². The highest BCUT2D eigenvalue weighted by Gasteiger charge is 2.06. The Kier molecular flexibility index (Phi) is 7.87. The molecule has 0 spiro atoms. The van der Waals surface area contributed by atoms with Gasteiger partial charge in [0.25, 0.3) is 5.91 Å². The van der Waals surface area contributed by atoms with Crippen molar-refractivity contribution in [2.45, 2.75) is 19.1 Å². The van der Waals surface area contributed by atoms with Crippen molar-refractivity contribution < 1.29 is 9.53 Å². The van der Waals surface area contributed by atoms with Gasteiger partial charge in [0.1, 0.15) is 5.75 Å². The maximum atomic E-state index is 12.2. The van der Waals surface area contributed by atoms with E-state index in [1.807, 2.05) is 43.3 Å². The van der Waals surface area contributed by atoms with Crippen LogP contribution >= 0.6 is 11.8 Å². The summed E-state index contributed by atoms with van der Waals surface area (Å²) in [5.41, 5.74) is 2.35. The Morgan fingerprint density at radius 2 is 2.08 bits per heavy atom. The number of ether oxygens (including phenoxy) is 1. The van der Waals surface area contributed by atoms with E-state index in [2.05, 4.69) is 11.4 Å². The Morgan fingerprint density at radius 1 is 1.24 bits per heavy atom. The molecular weight excluding hydrogens is 332 g/mol. The summed E-state index contributed by atoms with van der Waals surface area (Å²) in [7, 11) is 0. The Bertz CT molecular complexity index is 740. The second-order valence-electron chi connectivity index (χ2n) is 5.45. The molecule has 25 heavy (non-hydrogen) atoms. The summed E-state index contributed by atoms with van der Waals surface area (Å²) in [5, 5.41) is 12.0. The molecule has 5 heteroatoms. The highest BCUT2D eigenvalue weighted by atomic mass is 32.2. The van der Waals surface area contributed by atoms with Gasteiger partial charge < -0.3 is 10.1 Å². The molecule has 0 heterocycles. The van der Waals surface area contributed by atoms with Gasteiger partial charge in [0.15, 0.2) is 0 Å². The van der Waals surface area contributed by atoms with E-state index in [4.69, 9.17) is 10.00 Å². The van der Waals surface area contributed by atoms with Crippen LogP contribution in [-0.4, -0.2) is 24.8 Å². The molecule has 1 N–H and O–H groups in total. The number of nitrogens with one attached hydrogen (secondary N) is 1.